The van der Waals surface area contributed by atoms with Crippen molar-refractivity contribution >= 4 is 11.8 Å². The first-order chi connectivity index (χ1) is 13.5. The van der Waals surface area contributed by atoms with Crippen LogP contribution in [0.15, 0.2) is 54.7 Å². The van der Waals surface area contributed by atoms with Crippen molar-refractivity contribution in [1.29, 1.82) is 0 Å². The number of hydrogen-bond acceptors (Lipinski definition) is 5. The summed E-state index contributed by atoms with van der Waals surface area (Å²) in [6.45, 7) is 2.73. The summed E-state index contributed by atoms with van der Waals surface area (Å²) in [5.41, 5.74) is 3.90. The number of rotatable bonds is 7. The zero-order chi connectivity index (χ0) is 20.1. The minimum Gasteiger partial charge on any atom is -0.493 e. The lowest BCUT2D eigenvalue weighted by molar-refractivity contribution is 0.0692. The average molecular weight is 378 g/mol. The Labute approximate surface area is 163 Å². The largest absolute Gasteiger partial charge is 0.493 e. The maximum Gasteiger partial charge on any atom is 0.339 e. The Hall–Kier alpha value is -3.54. The number of aryl methyl sites for hydroxylation is 1. The van der Waals surface area contributed by atoms with Crippen LogP contribution in [-0.4, -0.2) is 30.3 Å². The molecule has 3 rings (SSSR count). The van der Waals surface area contributed by atoms with Gasteiger partial charge in [0.05, 0.1) is 14.2 Å². The molecule has 0 amide bonds. The van der Waals surface area contributed by atoms with E-state index in [2.05, 4.69) is 35.4 Å². The van der Waals surface area contributed by atoms with Crippen molar-refractivity contribution in [2.24, 2.45) is 0 Å². The molecule has 1 heterocycles. The first-order valence-corrected chi connectivity index (χ1v) is 8.77. The number of nitrogens with one attached hydrogen (secondary N) is 1. The van der Waals surface area contributed by atoms with E-state index in [0.717, 1.165) is 11.4 Å². The number of carboxylic acids is 1. The molecule has 0 atom stereocenters. The number of benzene rings is 2. The maximum atomic E-state index is 11.6. The summed E-state index contributed by atoms with van der Waals surface area (Å²) < 4.78 is 10.5. The Balaban J connectivity index is 1.83. The molecule has 1 aromatic heterocycles. The molecule has 2 aromatic carbocycles. The van der Waals surface area contributed by atoms with E-state index in [9.17, 15) is 9.90 Å². The van der Waals surface area contributed by atoms with Crippen LogP contribution in [0.5, 0.6) is 11.5 Å². The van der Waals surface area contributed by atoms with Crippen molar-refractivity contribution in [3.05, 3.63) is 71.4 Å². The van der Waals surface area contributed by atoms with Crippen LogP contribution in [-0.2, 0) is 6.54 Å². The lowest BCUT2D eigenvalue weighted by atomic mass is 10.0. The number of carbonyl (C=O) groups is 1. The van der Waals surface area contributed by atoms with Crippen LogP contribution < -0.4 is 14.8 Å². The van der Waals surface area contributed by atoms with Crippen molar-refractivity contribution in [1.82, 2.24) is 4.98 Å². The van der Waals surface area contributed by atoms with Gasteiger partial charge in [-0.1, -0.05) is 29.8 Å². The molecule has 0 saturated heterocycles. The summed E-state index contributed by atoms with van der Waals surface area (Å²) in [5, 5.41) is 12.8. The van der Waals surface area contributed by atoms with Crippen molar-refractivity contribution < 1.29 is 19.4 Å². The van der Waals surface area contributed by atoms with Crippen molar-refractivity contribution in [3.8, 4) is 22.6 Å². The first-order valence-electron chi connectivity index (χ1n) is 8.77. The summed E-state index contributed by atoms with van der Waals surface area (Å²) in [5.74, 6) is 0.216. The van der Waals surface area contributed by atoms with E-state index in [0.29, 0.717) is 17.9 Å². The van der Waals surface area contributed by atoms with Gasteiger partial charge in [-0.25, -0.2) is 9.78 Å². The number of aromatic nitrogens is 1. The third-order valence-corrected chi connectivity index (χ3v) is 4.36. The molecular weight excluding hydrogens is 356 g/mol. The molecule has 28 heavy (non-hydrogen) atoms. The molecule has 144 valence electrons. The number of ether oxygens (including phenoxy) is 2. The highest BCUT2D eigenvalue weighted by Gasteiger charge is 2.18. The van der Waals surface area contributed by atoms with Crippen molar-refractivity contribution in [2.45, 2.75) is 13.5 Å². The van der Waals surface area contributed by atoms with Gasteiger partial charge in [0.1, 0.15) is 11.4 Å². The first kappa shape index (κ1) is 19.2. The van der Waals surface area contributed by atoms with E-state index in [1.807, 2.05) is 18.2 Å². The third kappa shape index (κ3) is 4.23. The molecular formula is C22H22N2O4. The Bertz CT molecular complexity index is 984. The van der Waals surface area contributed by atoms with Gasteiger partial charge in [0.2, 0.25) is 0 Å². The fourth-order valence-corrected chi connectivity index (χ4v) is 2.97. The Morgan fingerprint density at radius 2 is 1.89 bits per heavy atom. The van der Waals surface area contributed by atoms with Crippen LogP contribution in [0.1, 0.15) is 21.5 Å². The Kier molecular flexibility index (Phi) is 5.79. The molecule has 0 spiro atoms. The molecule has 0 bridgehead atoms. The van der Waals surface area contributed by atoms with Gasteiger partial charge in [0, 0.05) is 18.3 Å². The van der Waals surface area contributed by atoms with E-state index in [1.54, 1.807) is 18.3 Å². The Morgan fingerprint density at radius 1 is 1.07 bits per heavy atom. The minimum absolute atomic E-state index is 0.0403. The highest BCUT2D eigenvalue weighted by atomic mass is 16.5. The molecule has 6 heteroatoms. The quantitative estimate of drug-likeness (QED) is 0.635. The van der Waals surface area contributed by atoms with Gasteiger partial charge in [-0.15, -0.1) is 0 Å². The molecule has 0 fully saturated rings. The van der Waals surface area contributed by atoms with Crippen LogP contribution in [0.25, 0.3) is 11.1 Å². The normalized spacial score (nSPS) is 10.4. The van der Waals surface area contributed by atoms with E-state index in [1.165, 1.54) is 25.3 Å². The van der Waals surface area contributed by atoms with Gasteiger partial charge in [0.15, 0.2) is 11.5 Å². The Morgan fingerprint density at radius 3 is 2.50 bits per heavy atom. The van der Waals surface area contributed by atoms with Crippen LogP contribution >= 0.6 is 0 Å². The zero-order valence-electron chi connectivity index (χ0n) is 16.0. The fourth-order valence-electron chi connectivity index (χ4n) is 2.97. The van der Waals surface area contributed by atoms with Crippen molar-refractivity contribution in [2.75, 3.05) is 19.5 Å². The SMILES string of the molecule is COc1cc(-c2ccc(NCc3cccc(C)c3)nc2)cc(C(=O)O)c1OC. The second-order valence-electron chi connectivity index (χ2n) is 6.34. The second-order valence-corrected chi connectivity index (χ2v) is 6.34. The molecule has 0 aliphatic heterocycles. The smallest absolute Gasteiger partial charge is 0.339 e. The number of anilines is 1. The molecule has 2 N–H and O–H groups in total. The molecule has 0 aliphatic carbocycles. The van der Waals surface area contributed by atoms with E-state index in [-0.39, 0.29) is 11.3 Å². The molecule has 0 radical (unpaired) electrons. The highest BCUT2D eigenvalue weighted by Crippen LogP contribution is 2.36. The van der Waals surface area contributed by atoms with Gasteiger partial charge in [-0.2, -0.15) is 0 Å². The van der Waals surface area contributed by atoms with E-state index in [4.69, 9.17) is 9.47 Å². The summed E-state index contributed by atoms with van der Waals surface area (Å²) in [6, 6.07) is 15.3. The topological polar surface area (TPSA) is 80.7 Å². The lowest BCUT2D eigenvalue weighted by Crippen LogP contribution is -2.03. The number of carboxylic acid groups (broad SMARTS) is 1. The molecule has 6 nitrogen and oxygen atoms in total. The van der Waals surface area contributed by atoms with Gasteiger partial charge >= 0.3 is 5.97 Å². The molecule has 0 saturated carbocycles. The van der Waals surface area contributed by atoms with Crippen LogP contribution in [0, 0.1) is 6.92 Å². The van der Waals surface area contributed by atoms with Crippen LogP contribution in [0.4, 0.5) is 5.82 Å². The summed E-state index contributed by atoms with van der Waals surface area (Å²) >= 11 is 0. The molecule has 0 aliphatic rings. The number of methoxy groups -OCH3 is 2. The monoisotopic (exact) mass is 378 g/mol. The number of hydrogen-bond donors (Lipinski definition) is 2. The summed E-state index contributed by atoms with van der Waals surface area (Å²) in [7, 11) is 2.89. The number of aromatic carboxylic acids is 1. The van der Waals surface area contributed by atoms with E-state index >= 15 is 0 Å². The standard InChI is InChI=1S/C22H22N2O4/c1-14-5-4-6-15(9-14)12-23-20-8-7-16(13-24-20)17-10-18(22(25)26)21(28-3)19(11-17)27-2/h4-11,13H,12H2,1-3H3,(H,23,24)(H,25,26). The van der Waals surface area contributed by atoms with Crippen molar-refractivity contribution in [3.63, 3.8) is 0 Å². The van der Waals surface area contributed by atoms with E-state index < -0.39 is 5.97 Å². The maximum absolute atomic E-state index is 11.6. The highest BCUT2D eigenvalue weighted by molar-refractivity contribution is 5.94. The average Bonchev–Trinajstić information content (AvgIpc) is 2.71. The predicted molar refractivity (Wildman–Crippen MR) is 108 cm³/mol. The predicted octanol–water partition coefficient (Wildman–Crippen LogP) is 4.38. The zero-order valence-corrected chi connectivity index (χ0v) is 16.0. The third-order valence-electron chi connectivity index (χ3n) is 4.36. The molecule has 3 aromatic rings. The van der Waals surface area contributed by atoms with Gasteiger partial charge < -0.3 is 19.9 Å². The van der Waals surface area contributed by atoms with Crippen LogP contribution in [0.2, 0.25) is 0 Å². The minimum atomic E-state index is -1.08. The number of pyridine rings is 1. The summed E-state index contributed by atoms with van der Waals surface area (Å²) in [4.78, 5) is 16.0. The molecule has 0 unspecified atom stereocenters. The van der Waals surface area contributed by atoms with Gasteiger partial charge in [0.25, 0.3) is 0 Å². The second kappa shape index (κ2) is 8.43. The van der Waals surface area contributed by atoms with Crippen LogP contribution in [0.3, 0.4) is 0 Å². The fraction of sp³-hybridized carbons (Fsp3) is 0.182. The van der Waals surface area contributed by atoms with Gasteiger partial charge in [-0.3, -0.25) is 0 Å². The van der Waals surface area contributed by atoms with Gasteiger partial charge in [-0.05, 0) is 42.3 Å². The summed E-state index contributed by atoms with van der Waals surface area (Å²) in [6.07, 6.45) is 1.70. The number of nitrogens with zero attached hydrogens (tertiary/aromatic N) is 1. The lowest BCUT2D eigenvalue weighted by Gasteiger charge is -2.13.